The minimum atomic E-state index is -0.0900. The first kappa shape index (κ1) is 17.0. The van der Waals surface area contributed by atoms with E-state index in [1.807, 2.05) is 38.1 Å². The monoisotopic (exact) mass is 338 g/mol. The largest absolute Gasteiger partial charge is 0.482 e. The molecule has 0 saturated carbocycles. The number of anilines is 2. The summed E-state index contributed by atoms with van der Waals surface area (Å²) in [6, 6.07) is 13.4. The van der Waals surface area contributed by atoms with Crippen molar-refractivity contribution in [3.63, 3.8) is 0 Å². The fraction of sp³-hybridized carbons (Fsp3) is 0.300. The molecule has 2 amide bonds. The highest BCUT2D eigenvalue weighted by Gasteiger charge is 2.26. The van der Waals surface area contributed by atoms with Crippen LogP contribution in [-0.2, 0) is 16.1 Å². The molecule has 0 radical (unpaired) electrons. The summed E-state index contributed by atoms with van der Waals surface area (Å²) in [4.78, 5) is 26.0. The molecule has 0 saturated heterocycles. The topological polar surface area (TPSA) is 58.6 Å². The number of carbonyl (C=O) groups excluding carboxylic acids is 2. The van der Waals surface area contributed by atoms with Crippen LogP contribution in [0.1, 0.15) is 30.9 Å². The molecule has 3 rings (SSSR count). The van der Waals surface area contributed by atoms with Crippen molar-refractivity contribution in [3.8, 4) is 5.75 Å². The quantitative estimate of drug-likeness (QED) is 0.905. The van der Waals surface area contributed by atoms with Crippen molar-refractivity contribution in [2.45, 2.75) is 33.2 Å². The predicted molar refractivity (Wildman–Crippen MR) is 97.8 cm³/mol. The maximum atomic E-state index is 12.4. The molecule has 1 aliphatic rings. The molecule has 0 fully saturated rings. The second-order valence-electron chi connectivity index (χ2n) is 6.18. The molecule has 0 spiro atoms. The van der Waals surface area contributed by atoms with E-state index in [0.29, 0.717) is 30.1 Å². The van der Waals surface area contributed by atoms with Crippen LogP contribution in [0.25, 0.3) is 0 Å². The number of fused-ring (bicyclic) bond motifs is 1. The first-order valence-corrected chi connectivity index (χ1v) is 8.50. The summed E-state index contributed by atoms with van der Waals surface area (Å²) in [5, 5.41) is 2.87. The number of hydrogen-bond donors (Lipinski definition) is 1. The highest BCUT2D eigenvalue weighted by Crippen LogP contribution is 2.35. The molecule has 0 aliphatic carbocycles. The van der Waals surface area contributed by atoms with Crippen LogP contribution in [0, 0.1) is 6.92 Å². The van der Waals surface area contributed by atoms with Gasteiger partial charge in [-0.1, -0.05) is 31.2 Å². The third-order valence-corrected chi connectivity index (χ3v) is 4.25. The summed E-state index contributed by atoms with van der Waals surface area (Å²) in [5.74, 6) is 0.533. The maximum Gasteiger partial charge on any atom is 0.265 e. The lowest BCUT2D eigenvalue weighted by atomic mass is 10.1. The van der Waals surface area contributed by atoms with Gasteiger partial charge in [0.15, 0.2) is 6.61 Å². The zero-order chi connectivity index (χ0) is 17.8. The van der Waals surface area contributed by atoms with E-state index in [-0.39, 0.29) is 18.4 Å². The average Bonchev–Trinajstić information content (AvgIpc) is 2.59. The van der Waals surface area contributed by atoms with Gasteiger partial charge in [0, 0.05) is 12.1 Å². The van der Waals surface area contributed by atoms with Crippen molar-refractivity contribution in [1.29, 1.82) is 0 Å². The van der Waals surface area contributed by atoms with E-state index in [9.17, 15) is 9.59 Å². The highest BCUT2D eigenvalue weighted by atomic mass is 16.5. The van der Waals surface area contributed by atoms with Crippen LogP contribution in [0.4, 0.5) is 11.4 Å². The molecule has 0 unspecified atom stereocenters. The molecule has 1 N–H and O–H groups in total. The molecular weight excluding hydrogens is 316 g/mol. The standard InChI is InChI=1S/C20H22N2O3/c1-3-6-19(23)21-16-9-10-18-17(11-16)22(20(24)13-25-18)12-15-8-5-4-7-14(15)2/h4-5,7-11H,3,6,12-13H2,1-2H3,(H,21,23). The number of aryl methyl sites for hydroxylation is 1. The van der Waals surface area contributed by atoms with Crippen LogP contribution in [0.2, 0.25) is 0 Å². The van der Waals surface area contributed by atoms with Gasteiger partial charge in [-0.25, -0.2) is 0 Å². The molecule has 5 nitrogen and oxygen atoms in total. The highest BCUT2D eigenvalue weighted by molar-refractivity contribution is 5.99. The lowest BCUT2D eigenvalue weighted by Gasteiger charge is -2.30. The van der Waals surface area contributed by atoms with Crippen LogP contribution < -0.4 is 15.0 Å². The third-order valence-electron chi connectivity index (χ3n) is 4.25. The van der Waals surface area contributed by atoms with Gasteiger partial charge < -0.3 is 15.0 Å². The summed E-state index contributed by atoms with van der Waals surface area (Å²) in [6.45, 7) is 4.50. The van der Waals surface area contributed by atoms with Crippen LogP contribution in [0.3, 0.4) is 0 Å². The average molecular weight is 338 g/mol. The number of rotatable bonds is 5. The number of ether oxygens (including phenoxy) is 1. The Kier molecular flexibility index (Phi) is 5.03. The smallest absolute Gasteiger partial charge is 0.265 e. The first-order chi connectivity index (χ1) is 12.1. The number of nitrogens with zero attached hydrogens (tertiary/aromatic N) is 1. The van der Waals surface area contributed by atoms with Gasteiger partial charge >= 0.3 is 0 Å². The fourth-order valence-corrected chi connectivity index (χ4v) is 2.86. The Balaban J connectivity index is 1.89. The first-order valence-electron chi connectivity index (χ1n) is 8.50. The van der Waals surface area contributed by atoms with Crippen molar-refractivity contribution in [2.24, 2.45) is 0 Å². The van der Waals surface area contributed by atoms with Gasteiger partial charge in [0.2, 0.25) is 5.91 Å². The molecule has 5 heteroatoms. The van der Waals surface area contributed by atoms with Crippen LogP contribution >= 0.6 is 0 Å². The second kappa shape index (κ2) is 7.38. The van der Waals surface area contributed by atoms with Crippen molar-refractivity contribution < 1.29 is 14.3 Å². The van der Waals surface area contributed by atoms with E-state index in [1.54, 1.807) is 23.1 Å². The summed E-state index contributed by atoms with van der Waals surface area (Å²) in [6.07, 6.45) is 1.26. The SMILES string of the molecule is CCCC(=O)Nc1ccc2c(c1)N(Cc1ccccc1C)C(=O)CO2. The van der Waals surface area contributed by atoms with Crippen molar-refractivity contribution >= 4 is 23.2 Å². The van der Waals surface area contributed by atoms with Gasteiger partial charge in [-0.05, 0) is 42.7 Å². The summed E-state index contributed by atoms with van der Waals surface area (Å²) < 4.78 is 5.54. The van der Waals surface area contributed by atoms with Crippen molar-refractivity contribution in [2.75, 3.05) is 16.8 Å². The third kappa shape index (κ3) is 3.82. The van der Waals surface area contributed by atoms with Crippen molar-refractivity contribution in [3.05, 3.63) is 53.6 Å². The van der Waals surface area contributed by atoms with Crippen LogP contribution in [-0.4, -0.2) is 18.4 Å². The molecule has 25 heavy (non-hydrogen) atoms. The van der Waals surface area contributed by atoms with E-state index in [1.165, 1.54) is 0 Å². The predicted octanol–water partition coefficient (Wildman–Crippen LogP) is 3.66. The molecular formula is C20H22N2O3. The minimum Gasteiger partial charge on any atom is -0.482 e. The lowest BCUT2D eigenvalue weighted by molar-refractivity contribution is -0.121. The van der Waals surface area contributed by atoms with E-state index in [2.05, 4.69) is 5.32 Å². The zero-order valence-electron chi connectivity index (χ0n) is 14.5. The molecule has 0 aromatic heterocycles. The summed E-state index contributed by atoms with van der Waals surface area (Å²) in [7, 11) is 0. The normalized spacial score (nSPS) is 13.2. The Morgan fingerprint density at radius 1 is 1.24 bits per heavy atom. The van der Waals surface area contributed by atoms with Gasteiger partial charge in [0.05, 0.1) is 12.2 Å². The Morgan fingerprint density at radius 2 is 2.04 bits per heavy atom. The number of carbonyl (C=O) groups is 2. The molecule has 0 atom stereocenters. The summed E-state index contributed by atoms with van der Waals surface area (Å²) >= 11 is 0. The van der Waals surface area contributed by atoms with Crippen molar-refractivity contribution in [1.82, 2.24) is 0 Å². The van der Waals surface area contributed by atoms with Crippen LogP contribution in [0.15, 0.2) is 42.5 Å². The molecule has 1 heterocycles. The molecule has 2 aromatic rings. The van der Waals surface area contributed by atoms with Gasteiger partial charge in [-0.3, -0.25) is 9.59 Å². The van der Waals surface area contributed by atoms with E-state index >= 15 is 0 Å². The molecule has 0 bridgehead atoms. The Labute approximate surface area is 147 Å². The Bertz CT molecular complexity index is 801. The van der Waals surface area contributed by atoms with E-state index in [0.717, 1.165) is 17.5 Å². The van der Waals surface area contributed by atoms with Crippen LogP contribution in [0.5, 0.6) is 5.75 Å². The lowest BCUT2D eigenvalue weighted by Crippen LogP contribution is -2.38. The number of hydrogen-bond acceptors (Lipinski definition) is 3. The summed E-state index contributed by atoms with van der Waals surface area (Å²) in [5.41, 5.74) is 3.58. The molecule has 2 aromatic carbocycles. The van der Waals surface area contributed by atoms with Gasteiger partial charge in [0.25, 0.3) is 5.91 Å². The van der Waals surface area contributed by atoms with E-state index in [4.69, 9.17) is 4.74 Å². The Hall–Kier alpha value is -2.82. The number of benzene rings is 2. The number of nitrogens with one attached hydrogen (secondary N) is 1. The van der Waals surface area contributed by atoms with Gasteiger partial charge in [-0.15, -0.1) is 0 Å². The fourth-order valence-electron chi connectivity index (χ4n) is 2.86. The number of amides is 2. The second-order valence-corrected chi connectivity index (χ2v) is 6.18. The van der Waals surface area contributed by atoms with Gasteiger partial charge in [-0.2, -0.15) is 0 Å². The zero-order valence-corrected chi connectivity index (χ0v) is 14.5. The maximum absolute atomic E-state index is 12.4. The minimum absolute atomic E-state index is 0.0282. The molecule has 1 aliphatic heterocycles. The van der Waals surface area contributed by atoms with E-state index < -0.39 is 0 Å². The van der Waals surface area contributed by atoms with Gasteiger partial charge in [0.1, 0.15) is 5.75 Å². The molecule has 130 valence electrons. The Morgan fingerprint density at radius 3 is 2.80 bits per heavy atom.